The van der Waals surface area contributed by atoms with Crippen LogP contribution in [0.4, 0.5) is 0 Å². The van der Waals surface area contributed by atoms with Crippen LogP contribution in [0.5, 0.6) is 0 Å². The molecule has 0 aliphatic heterocycles. The Morgan fingerprint density at radius 2 is 1.58 bits per heavy atom. The summed E-state index contributed by atoms with van der Waals surface area (Å²) in [7, 11) is 0. The third kappa shape index (κ3) is 15.2. The average molecular weight is 268 g/mol. The third-order valence-electron chi connectivity index (χ3n) is 3.63. The zero-order valence-electron chi connectivity index (χ0n) is 12.9. The van der Waals surface area contributed by atoms with Gasteiger partial charge in [0.25, 0.3) is 0 Å². The summed E-state index contributed by atoms with van der Waals surface area (Å²) in [4.78, 5) is 10.3. The Labute approximate surface area is 119 Å². The number of rotatable bonds is 13. The maximum absolute atomic E-state index is 10.3. The van der Waals surface area contributed by atoms with Crippen molar-refractivity contribution in [2.45, 2.75) is 84.5 Å². The van der Waals surface area contributed by atoms with Gasteiger partial charge >= 0.3 is 5.97 Å². The molecule has 0 aliphatic carbocycles. The summed E-state index contributed by atoms with van der Waals surface area (Å²) in [5, 5.41) is 8.46. The smallest absolute Gasteiger partial charge is 0.327 e. The van der Waals surface area contributed by atoms with E-state index in [-0.39, 0.29) is 0 Å². The van der Waals surface area contributed by atoms with E-state index in [1.54, 1.807) is 6.08 Å². The molecule has 19 heavy (non-hydrogen) atoms. The van der Waals surface area contributed by atoms with Gasteiger partial charge in [0.1, 0.15) is 0 Å². The number of hydrogen-bond donors (Lipinski definition) is 1. The van der Waals surface area contributed by atoms with Gasteiger partial charge < -0.3 is 5.11 Å². The first kappa shape index (κ1) is 18.2. The molecular formula is C17H32O2. The molecule has 0 bridgehead atoms. The van der Waals surface area contributed by atoms with Crippen LogP contribution in [-0.2, 0) is 4.79 Å². The summed E-state index contributed by atoms with van der Waals surface area (Å²) in [5.74, 6) is -0.0509. The Morgan fingerprint density at radius 1 is 1.00 bits per heavy atom. The van der Waals surface area contributed by atoms with Crippen molar-refractivity contribution in [3.8, 4) is 0 Å². The van der Waals surface area contributed by atoms with Gasteiger partial charge in [-0.2, -0.15) is 0 Å². The monoisotopic (exact) mass is 268 g/mol. The predicted molar refractivity (Wildman–Crippen MR) is 82.4 cm³/mol. The second-order valence-corrected chi connectivity index (χ2v) is 5.69. The lowest BCUT2D eigenvalue weighted by molar-refractivity contribution is -0.131. The second kappa shape index (κ2) is 13.6. The van der Waals surface area contributed by atoms with Crippen LogP contribution < -0.4 is 0 Å². The average Bonchev–Trinajstić information content (AvgIpc) is 2.37. The molecule has 0 fully saturated rings. The number of carboxylic acid groups (broad SMARTS) is 1. The van der Waals surface area contributed by atoms with Crippen LogP contribution in [0.15, 0.2) is 12.2 Å². The van der Waals surface area contributed by atoms with E-state index in [9.17, 15) is 4.79 Å². The maximum Gasteiger partial charge on any atom is 0.327 e. The van der Waals surface area contributed by atoms with Crippen molar-refractivity contribution >= 4 is 5.97 Å². The molecule has 1 atom stereocenters. The van der Waals surface area contributed by atoms with Crippen molar-refractivity contribution in [3.05, 3.63) is 12.2 Å². The molecular weight excluding hydrogens is 236 g/mol. The van der Waals surface area contributed by atoms with Gasteiger partial charge in [-0.15, -0.1) is 0 Å². The molecule has 0 heterocycles. The highest BCUT2D eigenvalue weighted by Crippen LogP contribution is 2.17. The topological polar surface area (TPSA) is 37.3 Å². The fourth-order valence-corrected chi connectivity index (χ4v) is 2.36. The Balaban J connectivity index is 3.25. The van der Waals surface area contributed by atoms with Gasteiger partial charge in [0, 0.05) is 6.08 Å². The summed E-state index contributed by atoms with van der Waals surface area (Å²) < 4.78 is 0. The molecule has 0 aliphatic rings. The van der Waals surface area contributed by atoms with E-state index in [0.717, 1.165) is 18.8 Å². The quantitative estimate of drug-likeness (QED) is 0.350. The first-order valence-electron chi connectivity index (χ1n) is 8.06. The van der Waals surface area contributed by atoms with Gasteiger partial charge in [-0.05, 0) is 18.8 Å². The Morgan fingerprint density at radius 3 is 2.21 bits per heavy atom. The van der Waals surface area contributed by atoms with E-state index < -0.39 is 5.97 Å². The Hall–Kier alpha value is -0.790. The normalized spacial score (nSPS) is 12.9. The molecule has 0 radical (unpaired) electrons. The van der Waals surface area contributed by atoms with E-state index >= 15 is 0 Å². The van der Waals surface area contributed by atoms with E-state index in [2.05, 4.69) is 13.8 Å². The van der Waals surface area contributed by atoms with Crippen LogP contribution in [0.25, 0.3) is 0 Å². The minimum atomic E-state index is -0.837. The predicted octanol–water partition coefficient (Wildman–Crippen LogP) is 5.57. The molecule has 0 saturated heterocycles. The second-order valence-electron chi connectivity index (χ2n) is 5.69. The summed E-state index contributed by atoms with van der Waals surface area (Å²) in [6, 6.07) is 0. The van der Waals surface area contributed by atoms with Crippen LogP contribution in [0.3, 0.4) is 0 Å². The minimum Gasteiger partial charge on any atom is -0.478 e. The SMILES string of the molecule is CCCCCCCCCC(C)CCCC=CC(=O)O. The molecule has 0 amide bonds. The number of aliphatic carboxylic acids is 1. The van der Waals surface area contributed by atoms with Gasteiger partial charge in [0.05, 0.1) is 0 Å². The first-order chi connectivity index (χ1) is 9.16. The highest BCUT2D eigenvalue weighted by atomic mass is 16.4. The van der Waals surface area contributed by atoms with Crippen LogP contribution in [-0.4, -0.2) is 11.1 Å². The van der Waals surface area contributed by atoms with Crippen LogP contribution >= 0.6 is 0 Å². The lowest BCUT2D eigenvalue weighted by Crippen LogP contribution is -1.95. The van der Waals surface area contributed by atoms with Gasteiger partial charge in [0.2, 0.25) is 0 Å². The molecule has 0 spiro atoms. The molecule has 0 aromatic rings. The van der Waals surface area contributed by atoms with E-state index in [1.807, 2.05) is 0 Å². The number of hydrogen-bond acceptors (Lipinski definition) is 1. The van der Waals surface area contributed by atoms with Crippen molar-refractivity contribution in [1.29, 1.82) is 0 Å². The highest BCUT2D eigenvalue weighted by molar-refractivity contribution is 5.79. The number of unbranched alkanes of at least 4 members (excludes halogenated alkanes) is 7. The first-order valence-corrected chi connectivity index (χ1v) is 8.06. The molecule has 1 unspecified atom stereocenters. The molecule has 0 rings (SSSR count). The zero-order chi connectivity index (χ0) is 14.3. The van der Waals surface area contributed by atoms with Crippen molar-refractivity contribution in [1.82, 2.24) is 0 Å². The summed E-state index contributed by atoms with van der Waals surface area (Å²) in [6.45, 7) is 4.57. The fourth-order valence-electron chi connectivity index (χ4n) is 2.36. The molecule has 2 nitrogen and oxygen atoms in total. The third-order valence-corrected chi connectivity index (χ3v) is 3.63. The fraction of sp³-hybridized carbons (Fsp3) is 0.824. The van der Waals surface area contributed by atoms with E-state index in [0.29, 0.717) is 0 Å². The lowest BCUT2D eigenvalue weighted by atomic mass is 9.96. The summed E-state index contributed by atoms with van der Waals surface area (Å²) >= 11 is 0. The Kier molecular flexibility index (Phi) is 13.1. The summed E-state index contributed by atoms with van der Waals surface area (Å²) in [5.41, 5.74) is 0. The molecule has 0 aromatic carbocycles. The number of carbonyl (C=O) groups is 1. The molecule has 112 valence electrons. The zero-order valence-corrected chi connectivity index (χ0v) is 12.9. The van der Waals surface area contributed by atoms with Crippen LogP contribution in [0.1, 0.15) is 84.5 Å². The highest BCUT2D eigenvalue weighted by Gasteiger charge is 2.01. The molecule has 0 saturated carbocycles. The van der Waals surface area contributed by atoms with Crippen molar-refractivity contribution in [2.75, 3.05) is 0 Å². The number of carboxylic acids is 1. The largest absolute Gasteiger partial charge is 0.478 e. The lowest BCUT2D eigenvalue weighted by Gasteiger charge is -2.10. The van der Waals surface area contributed by atoms with Crippen molar-refractivity contribution < 1.29 is 9.90 Å². The van der Waals surface area contributed by atoms with Crippen molar-refractivity contribution in [2.24, 2.45) is 5.92 Å². The molecule has 1 N–H and O–H groups in total. The van der Waals surface area contributed by atoms with E-state index in [1.165, 1.54) is 63.9 Å². The molecule has 2 heteroatoms. The maximum atomic E-state index is 10.3. The van der Waals surface area contributed by atoms with E-state index in [4.69, 9.17) is 5.11 Å². The van der Waals surface area contributed by atoms with Crippen LogP contribution in [0, 0.1) is 5.92 Å². The standard InChI is InChI=1S/C17H32O2/c1-3-4-5-6-7-8-10-13-16(2)14-11-9-12-15-17(18)19/h12,15-16H,3-11,13-14H2,1-2H3,(H,18,19). The Bertz CT molecular complexity index is 233. The van der Waals surface area contributed by atoms with Crippen molar-refractivity contribution in [3.63, 3.8) is 0 Å². The van der Waals surface area contributed by atoms with Crippen LogP contribution in [0.2, 0.25) is 0 Å². The van der Waals surface area contributed by atoms with Gasteiger partial charge in [-0.1, -0.05) is 77.7 Å². The van der Waals surface area contributed by atoms with Gasteiger partial charge in [-0.3, -0.25) is 0 Å². The van der Waals surface area contributed by atoms with Gasteiger partial charge in [0.15, 0.2) is 0 Å². The summed E-state index contributed by atoms with van der Waals surface area (Å²) in [6.07, 6.45) is 17.2. The number of allylic oxidation sites excluding steroid dienone is 1. The molecule has 0 aromatic heterocycles. The van der Waals surface area contributed by atoms with Gasteiger partial charge in [-0.25, -0.2) is 4.79 Å². The minimum absolute atomic E-state index is 0.786.